The van der Waals surface area contributed by atoms with Crippen LogP contribution in [-0.4, -0.2) is 39.5 Å². The first-order chi connectivity index (χ1) is 11.7. The van der Waals surface area contributed by atoms with Crippen LogP contribution in [0.5, 0.6) is 0 Å². The Labute approximate surface area is 145 Å². The SMILES string of the molecule is CO[C@@H]1C[C@@H](c2nncn2C)N(c2ccnc3cc(Cl)ccc23)C1. The molecule has 0 bridgehead atoms. The molecule has 24 heavy (non-hydrogen) atoms. The first-order valence-corrected chi connectivity index (χ1v) is 8.23. The summed E-state index contributed by atoms with van der Waals surface area (Å²) in [6.45, 7) is 0.801. The van der Waals surface area contributed by atoms with E-state index in [0.29, 0.717) is 5.02 Å². The molecule has 124 valence electrons. The lowest BCUT2D eigenvalue weighted by atomic mass is 10.1. The van der Waals surface area contributed by atoms with Crippen molar-refractivity contribution in [2.24, 2.45) is 7.05 Å². The topological polar surface area (TPSA) is 56.1 Å². The Balaban J connectivity index is 1.83. The van der Waals surface area contributed by atoms with Crippen molar-refractivity contribution in [3.63, 3.8) is 0 Å². The van der Waals surface area contributed by atoms with Gasteiger partial charge in [0.05, 0.1) is 17.7 Å². The van der Waals surface area contributed by atoms with E-state index in [0.717, 1.165) is 35.4 Å². The van der Waals surface area contributed by atoms with E-state index >= 15 is 0 Å². The minimum atomic E-state index is 0.115. The Morgan fingerprint density at radius 1 is 1.29 bits per heavy atom. The highest BCUT2D eigenvalue weighted by Crippen LogP contribution is 2.39. The zero-order chi connectivity index (χ0) is 16.7. The summed E-state index contributed by atoms with van der Waals surface area (Å²) in [5.74, 6) is 0.938. The lowest BCUT2D eigenvalue weighted by Crippen LogP contribution is -2.26. The number of ether oxygens (including phenoxy) is 1. The number of rotatable bonds is 3. The summed E-state index contributed by atoms with van der Waals surface area (Å²) in [5, 5.41) is 10.1. The van der Waals surface area contributed by atoms with Gasteiger partial charge < -0.3 is 14.2 Å². The second-order valence-corrected chi connectivity index (χ2v) is 6.49. The lowest BCUT2D eigenvalue weighted by molar-refractivity contribution is 0.118. The van der Waals surface area contributed by atoms with E-state index in [1.165, 1.54) is 0 Å². The third kappa shape index (κ3) is 2.52. The number of hydrogen-bond acceptors (Lipinski definition) is 5. The summed E-state index contributed by atoms with van der Waals surface area (Å²) in [7, 11) is 3.73. The van der Waals surface area contributed by atoms with E-state index in [1.54, 1.807) is 13.4 Å². The predicted molar refractivity (Wildman–Crippen MR) is 93.3 cm³/mol. The Kier molecular flexibility index (Phi) is 3.86. The Bertz CT molecular complexity index is 880. The van der Waals surface area contributed by atoms with Gasteiger partial charge in [-0.3, -0.25) is 4.98 Å². The summed E-state index contributed by atoms with van der Waals surface area (Å²) >= 11 is 6.11. The van der Waals surface area contributed by atoms with Crippen molar-refractivity contribution in [3.05, 3.63) is 47.6 Å². The molecule has 1 fully saturated rings. The van der Waals surface area contributed by atoms with Crippen LogP contribution in [0.3, 0.4) is 0 Å². The van der Waals surface area contributed by atoms with Crippen LogP contribution in [0.1, 0.15) is 18.3 Å². The summed E-state index contributed by atoms with van der Waals surface area (Å²) < 4.78 is 7.59. The van der Waals surface area contributed by atoms with Crippen molar-refractivity contribution < 1.29 is 4.74 Å². The van der Waals surface area contributed by atoms with Gasteiger partial charge in [-0.2, -0.15) is 0 Å². The number of benzene rings is 1. The molecule has 0 N–H and O–H groups in total. The number of fused-ring (bicyclic) bond motifs is 1. The molecule has 1 aromatic carbocycles. The molecular formula is C17H18ClN5O. The van der Waals surface area contributed by atoms with Crippen molar-refractivity contribution in [3.8, 4) is 0 Å². The van der Waals surface area contributed by atoms with Crippen LogP contribution in [0.15, 0.2) is 36.8 Å². The summed E-state index contributed by atoms with van der Waals surface area (Å²) in [6.07, 6.45) is 4.59. The maximum absolute atomic E-state index is 6.11. The largest absolute Gasteiger partial charge is 0.380 e. The first-order valence-electron chi connectivity index (χ1n) is 7.85. The van der Waals surface area contributed by atoms with Gasteiger partial charge in [0.2, 0.25) is 0 Å². The molecule has 3 heterocycles. The third-order valence-electron chi connectivity index (χ3n) is 4.63. The maximum atomic E-state index is 6.11. The molecule has 0 unspecified atom stereocenters. The zero-order valence-corrected chi connectivity index (χ0v) is 14.3. The number of anilines is 1. The second-order valence-electron chi connectivity index (χ2n) is 6.05. The third-order valence-corrected chi connectivity index (χ3v) is 4.87. The molecule has 0 radical (unpaired) electrons. The van der Waals surface area contributed by atoms with Crippen molar-refractivity contribution in [2.75, 3.05) is 18.6 Å². The van der Waals surface area contributed by atoms with Gasteiger partial charge in [-0.15, -0.1) is 10.2 Å². The number of hydrogen-bond donors (Lipinski definition) is 0. The average molecular weight is 344 g/mol. The van der Waals surface area contributed by atoms with Crippen molar-refractivity contribution >= 4 is 28.2 Å². The molecule has 0 amide bonds. The second kappa shape index (κ2) is 6.03. The molecule has 4 rings (SSSR count). The molecule has 0 aliphatic carbocycles. The van der Waals surface area contributed by atoms with E-state index in [2.05, 4.69) is 20.1 Å². The van der Waals surface area contributed by atoms with E-state index in [9.17, 15) is 0 Å². The van der Waals surface area contributed by atoms with E-state index in [1.807, 2.05) is 42.1 Å². The first kappa shape index (κ1) is 15.4. The predicted octanol–water partition coefficient (Wildman–Crippen LogP) is 2.98. The number of methoxy groups -OCH3 is 1. The number of aromatic nitrogens is 4. The normalized spacial score (nSPS) is 20.9. The van der Waals surface area contributed by atoms with Crippen molar-refractivity contribution in [2.45, 2.75) is 18.6 Å². The number of nitrogens with zero attached hydrogens (tertiary/aromatic N) is 5. The average Bonchev–Trinajstić information content (AvgIpc) is 3.19. The van der Waals surface area contributed by atoms with Gasteiger partial charge >= 0.3 is 0 Å². The van der Waals surface area contributed by atoms with Gasteiger partial charge in [0.1, 0.15) is 6.33 Å². The standard InChI is InChI=1S/C17H18ClN5O/c1-22-10-20-21-17(22)16-8-12(24-2)9-23(16)15-5-6-19-14-7-11(18)3-4-13(14)15/h3-7,10,12,16H,8-9H2,1-2H3/t12-,16+/m1/s1. The highest BCUT2D eigenvalue weighted by atomic mass is 35.5. The number of pyridine rings is 1. The highest BCUT2D eigenvalue weighted by Gasteiger charge is 2.36. The fourth-order valence-electron chi connectivity index (χ4n) is 3.43. The number of aryl methyl sites for hydroxylation is 1. The van der Waals surface area contributed by atoms with E-state index in [4.69, 9.17) is 16.3 Å². The summed E-state index contributed by atoms with van der Waals surface area (Å²) in [6, 6.07) is 7.97. The summed E-state index contributed by atoms with van der Waals surface area (Å²) in [4.78, 5) is 6.77. The molecule has 2 atom stereocenters. The van der Waals surface area contributed by atoms with Crippen LogP contribution >= 0.6 is 11.6 Å². The minimum Gasteiger partial charge on any atom is -0.380 e. The monoisotopic (exact) mass is 343 g/mol. The molecular weight excluding hydrogens is 326 g/mol. The van der Waals surface area contributed by atoms with Gasteiger partial charge in [0.15, 0.2) is 5.82 Å². The van der Waals surface area contributed by atoms with Crippen LogP contribution in [0.25, 0.3) is 10.9 Å². The Morgan fingerprint density at radius 3 is 2.92 bits per heavy atom. The molecule has 0 saturated carbocycles. The highest BCUT2D eigenvalue weighted by molar-refractivity contribution is 6.31. The fourth-order valence-corrected chi connectivity index (χ4v) is 3.60. The molecule has 6 nitrogen and oxygen atoms in total. The molecule has 1 aliphatic heterocycles. The number of halogens is 1. The van der Waals surface area contributed by atoms with Gasteiger partial charge in [0, 0.05) is 49.4 Å². The Hall–Kier alpha value is -2.18. The van der Waals surface area contributed by atoms with Gasteiger partial charge in [-0.1, -0.05) is 11.6 Å². The molecule has 2 aromatic heterocycles. The van der Waals surface area contributed by atoms with Gasteiger partial charge in [0.25, 0.3) is 0 Å². The van der Waals surface area contributed by atoms with Crippen molar-refractivity contribution in [1.29, 1.82) is 0 Å². The fraction of sp³-hybridized carbons (Fsp3) is 0.353. The molecule has 7 heteroatoms. The molecule has 1 aliphatic rings. The zero-order valence-electron chi connectivity index (χ0n) is 13.6. The van der Waals surface area contributed by atoms with Crippen LogP contribution in [0, 0.1) is 0 Å². The minimum absolute atomic E-state index is 0.115. The Morgan fingerprint density at radius 2 is 2.17 bits per heavy atom. The lowest BCUT2D eigenvalue weighted by Gasteiger charge is -2.26. The van der Waals surface area contributed by atoms with E-state index < -0.39 is 0 Å². The molecule has 0 spiro atoms. The molecule has 1 saturated heterocycles. The summed E-state index contributed by atoms with van der Waals surface area (Å²) in [5.41, 5.74) is 2.00. The smallest absolute Gasteiger partial charge is 0.155 e. The van der Waals surface area contributed by atoms with Gasteiger partial charge in [-0.05, 0) is 24.3 Å². The van der Waals surface area contributed by atoms with E-state index in [-0.39, 0.29) is 12.1 Å². The van der Waals surface area contributed by atoms with Gasteiger partial charge in [-0.25, -0.2) is 0 Å². The quantitative estimate of drug-likeness (QED) is 0.731. The van der Waals surface area contributed by atoms with Crippen LogP contribution < -0.4 is 4.90 Å². The van der Waals surface area contributed by atoms with Crippen LogP contribution in [-0.2, 0) is 11.8 Å². The van der Waals surface area contributed by atoms with Crippen molar-refractivity contribution in [1.82, 2.24) is 19.7 Å². The van der Waals surface area contributed by atoms with Crippen LogP contribution in [0.4, 0.5) is 5.69 Å². The van der Waals surface area contributed by atoms with Crippen LogP contribution in [0.2, 0.25) is 5.02 Å². The maximum Gasteiger partial charge on any atom is 0.155 e. The molecule has 3 aromatic rings.